The van der Waals surface area contributed by atoms with Gasteiger partial charge in [0.25, 0.3) is 0 Å². The Morgan fingerprint density at radius 3 is 2.32 bits per heavy atom. The van der Waals surface area contributed by atoms with Crippen molar-refractivity contribution in [2.45, 2.75) is 70.5 Å². The molecule has 1 atom stereocenters. The first-order valence-electron chi connectivity index (χ1n) is 11.3. The lowest BCUT2D eigenvalue weighted by Crippen LogP contribution is -2.50. The fraction of sp³-hybridized carbons (Fsp3) is 0.462. The Morgan fingerprint density at radius 1 is 1.00 bits per heavy atom. The van der Waals surface area contributed by atoms with Crippen molar-refractivity contribution < 1.29 is 14.3 Å². The number of rotatable bonds is 9. The van der Waals surface area contributed by atoms with E-state index < -0.39 is 6.04 Å². The molecule has 0 radical (unpaired) electrons. The molecule has 1 saturated carbocycles. The van der Waals surface area contributed by atoms with Crippen LogP contribution < -0.4 is 10.1 Å². The van der Waals surface area contributed by atoms with Gasteiger partial charge in [-0.3, -0.25) is 9.59 Å². The van der Waals surface area contributed by atoms with Crippen LogP contribution >= 0.6 is 0 Å². The van der Waals surface area contributed by atoms with Crippen molar-refractivity contribution in [1.29, 1.82) is 0 Å². The normalized spacial score (nSPS) is 15.2. The number of carbonyl (C=O) groups excluding carboxylic acids is 2. The number of hydrogen-bond acceptors (Lipinski definition) is 3. The van der Waals surface area contributed by atoms with Crippen molar-refractivity contribution in [2.75, 3.05) is 7.11 Å². The number of nitrogens with one attached hydrogen (secondary N) is 1. The molecule has 2 amide bonds. The Kier molecular flexibility index (Phi) is 8.51. The quantitative estimate of drug-likeness (QED) is 0.648. The monoisotopic (exact) mass is 422 g/mol. The Labute approximate surface area is 185 Å². The van der Waals surface area contributed by atoms with Crippen molar-refractivity contribution >= 4 is 11.8 Å². The van der Waals surface area contributed by atoms with Gasteiger partial charge in [-0.2, -0.15) is 0 Å². The minimum Gasteiger partial charge on any atom is -0.497 e. The maximum Gasteiger partial charge on any atom is 0.242 e. The minimum absolute atomic E-state index is 0.00837. The van der Waals surface area contributed by atoms with Crippen LogP contribution in [0.15, 0.2) is 54.6 Å². The summed E-state index contributed by atoms with van der Waals surface area (Å²) in [5, 5.41) is 3.18. The topological polar surface area (TPSA) is 58.6 Å². The Balaban J connectivity index is 1.69. The molecule has 2 aromatic carbocycles. The summed E-state index contributed by atoms with van der Waals surface area (Å²) in [6.07, 6.45) is 6.65. The van der Waals surface area contributed by atoms with E-state index in [0.717, 1.165) is 42.6 Å². The Bertz CT molecular complexity index is 829. The van der Waals surface area contributed by atoms with Crippen LogP contribution in [0.2, 0.25) is 0 Å². The maximum absolute atomic E-state index is 13.2. The number of methoxy groups -OCH3 is 1. The predicted octanol–water partition coefficient (Wildman–Crippen LogP) is 4.49. The van der Waals surface area contributed by atoms with Crippen LogP contribution in [0.25, 0.3) is 0 Å². The van der Waals surface area contributed by atoms with E-state index in [1.165, 1.54) is 6.42 Å². The van der Waals surface area contributed by atoms with E-state index in [4.69, 9.17) is 4.74 Å². The second-order valence-electron chi connectivity index (χ2n) is 8.37. The van der Waals surface area contributed by atoms with Crippen LogP contribution in [-0.2, 0) is 22.6 Å². The summed E-state index contributed by atoms with van der Waals surface area (Å²) in [6, 6.07) is 17.4. The molecule has 1 unspecified atom stereocenters. The van der Waals surface area contributed by atoms with Gasteiger partial charge in [0.2, 0.25) is 11.8 Å². The summed E-state index contributed by atoms with van der Waals surface area (Å²) in [5.41, 5.74) is 2.10. The van der Waals surface area contributed by atoms with Crippen molar-refractivity contribution in [1.82, 2.24) is 10.2 Å². The lowest BCUT2D eigenvalue weighted by atomic mass is 9.95. The molecule has 2 aromatic rings. The number of hydrogen-bond donors (Lipinski definition) is 1. The van der Waals surface area contributed by atoms with Gasteiger partial charge in [0.05, 0.1) is 7.11 Å². The van der Waals surface area contributed by atoms with E-state index in [9.17, 15) is 9.59 Å². The third kappa shape index (κ3) is 6.84. The molecule has 0 saturated heterocycles. The Hall–Kier alpha value is -2.82. The summed E-state index contributed by atoms with van der Waals surface area (Å²) < 4.78 is 5.23. The zero-order chi connectivity index (χ0) is 22.1. The zero-order valence-electron chi connectivity index (χ0n) is 18.7. The zero-order valence-corrected chi connectivity index (χ0v) is 18.7. The minimum atomic E-state index is -0.521. The molecular weight excluding hydrogens is 388 g/mol. The van der Waals surface area contributed by atoms with Gasteiger partial charge in [0.15, 0.2) is 0 Å². The van der Waals surface area contributed by atoms with Crippen LogP contribution in [0.4, 0.5) is 0 Å². The number of ether oxygens (including phenoxy) is 1. The van der Waals surface area contributed by atoms with Gasteiger partial charge < -0.3 is 15.0 Å². The van der Waals surface area contributed by atoms with Crippen LogP contribution in [0.1, 0.15) is 56.6 Å². The molecule has 1 fully saturated rings. The smallest absolute Gasteiger partial charge is 0.242 e. The largest absolute Gasteiger partial charge is 0.497 e. The van der Waals surface area contributed by atoms with Gasteiger partial charge in [0, 0.05) is 19.0 Å². The summed E-state index contributed by atoms with van der Waals surface area (Å²) in [4.78, 5) is 27.9. The van der Waals surface area contributed by atoms with Crippen molar-refractivity contribution in [2.24, 2.45) is 0 Å². The van der Waals surface area contributed by atoms with Crippen LogP contribution in [-0.4, -0.2) is 35.9 Å². The number of nitrogens with zero attached hydrogens (tertiary/aromatic N) is 1. The molecule has 0 heterocycles. The van der Waals surface area contributed by atoms with Gasteiger partial charge in [-0.15, -0.1) is 0 Å². The van der Waals surface area contributed by atoms with Gasteiger partial charge >= 0.3 is 0 Å². The van der Waals surface area contributed by atoms with E-state index in [1.54, 1.807) is 12.0 Å². The van der Waals surface area contributed by atoms with E-state index in [2.05, 4.69) is 5.32 Å². The highest BCUT2D eigenvalue weighted by Crippen LogP contribution is 2.19. The van der Waals surface area contributed by atoms with Gasteiger partial charge in [0.1, 0.15) is 11.8 Å². The molecule has 1 N–H and O–H groups in total. The maximum atomic E-state index is 13.2. The molecule has 31 heavy (non-hydrogen) atoms. The molecule has 0 spiro atoms. The van der Waals surface area contributed by atoms with Gasteiger partial charge in [-0.1, -0.05) is 61.7 Å². The Morgan fingerprint density at radius 2 is 1.68 bits per heavy atom. The lowest BCUT2D eigenvalue weighted by Gasteiger charge is -2.31. The summed E-state index contributed by atoms with van der Waals surface area (Å²) in [6.45, 7) is 2.24. The number of amides is 2. The molecule has 1 aliphatic rings. The molecular formula is C26H34N2O3. The highest BCUT2D eigenvalue weighted by molar-refractivity contribution is 5.87. The fourth-order valence-electron chi connectivity index (χ4n) is 4.12. The molecule has 0 aromatic heterocycles. The van der Waals surface area contributed by atoms with Gasteiger partial charge in [-0.25, -0.2) is 0 Å². The molecule has 166 valence electrons. The number of benzene rings is 2. The second kappa shape index (κ2) is 11.5. The summed E-state index contributed by atoms with van der Waals surface area (Å²) in [5.74, 6) is 0.702. The molecule has 0 bridgehead atoms. The SMILES string of the molecule is COc1ccc(CN(C(=O)CCc2ccccc2)C(C)C(=O)NC2CCCCC2)cc1. The van der Waals surface area contributed by atoms with E-state index in [-0.39, 0.29) is 17.9 Å². The average Bonchev–Trinajstić information content (AvgIpc) is 2.82. The molecule has 3 rings (SSSR count). The van der Waals surface area contributed by atoms with E-state index >= 15 is 0 Å². The van der Waals surface area contributed by atoms with Gasteiger partial charge in [-0.05, 0) is 49.4 Å². The lowest BCUT2D eigenvalue weighted by molar-refractivity contribution is -0.141. The van der Waals surface area contributed by atoms with Crippen LogP contribution in [0.5, 0.6) is 5.75 Å². The molecule has 0 aliphatic heterocycles. The third-order valence-electron chi connectivity index (χ3n) is 6.10. The average molecular weight is 423 g/mol. The molecule has 5 nitrogen and oxygen atoms in total. The first-order chi connectivity index (χ1) is 15.1. The third-order valence-corrected chi connectivity index (χ3v) is 6.10. The highest BCUT2D eigenvalue weighted by Gasteiger charge is 2.27. The first kappa shape index (κ1) is 22.9. The van der Waals surface area contributed by atoms with E-state index in [1.807, 2.05) is 61.5 Å². The number of aryl methyl sites for hydroxylation is 1. The first-order valence-corrected chi connectivity index (χ1v) is 11.3. The van der Waals surface area contributed by atoms with Crippen molar-refractivity contribution in [3.63, 3.8) is 0 Å². The molecule has 5 heteroatoms. The number of carbonyl (C=O) groups is 2. The predicted molar refractivity (Wildman–Crippen MR) is 123 cm³/mol. The molecule has 1 aliphatic carbocycles. The van der Waals surface area contributed by atoms with Crippen LogP contribution in [0.3, 0.4) is 0 Å². The van der Waals surface area contributed by atoms with Crippen molar-refractivity contribution in [3.05, 3.63) is 65.7 Å². The standard InChI is InChI=1S/C26H34N2O3/c1-20(26(30)27-23-11-7-4-8-12-23)28(19-22-13-16-24(31-2)17-14-22)25(29)18-15-21-9-5-3-6-10-21/h3,5-6,9-10,13-14,16-17,20,23H,4,7-8,11-12,15,18-19H2,1-2H3,(H,27,30). The van der Waals surface area contributed by atoms with E-state index in [0.29, 0.717) is 19.4 Å². The highest BCUT2D eigenvalue weighted by atomic mass is 16.5. The van der Waals surface area contributed by atoms with Crippen LogP contribution in [0, 0.1) is 0 Å². The van der Waals surface area contributed by atoms with Crippen molar-refractivity contribution in [3.8, 4) is 5.75 Å². The summed E-state index contributed by atoms with van der Waals surface area (Å²) in [7, 11) is 1.63. The fourth-order valence-corrected chi connectivity index (χ4v) is 4.12. The second-order valence-corrected chi connectivity index (χ2v) is 8.37. The summed E-state index contributed by atoms with van der Waals surface area (Å²) >= 11 is 0.